The molecule has 93 heavy (non-hydrogen) atoms. The highest BCUT2D eigenvalue weighted by atomic mass is 79.9. The molecule has 0 radical (unpaired) electrons. The van der Waals surface area contributed by atoms with Crippen molar-refractivity contribution in [1.82, 2.24) is 24.8 Å². The molecule has 0 saturated carbocycles. The van der Waals surface area contributed by atoms with E-state index in [9.17, 15) is 41.9 Å². The van der Waals surface area contributed by atoms with Crippen molar-refractivity contribution in [3.8, 4) is 0 Å². The minimum absolute atomic E-state index is 0.120. The Hall–Kier alpha value is -10.8. The number of hydrogen-bond acceptors (Lipinski definition) is 13. The monoisotopic (exact) mass is 1450 g/mol. The molecule has 0 saturated heterocycles. The number of aromatic nitrogens is 3. The minimum atomic E-state index is -0.761. The van der Waals surface area contributed by atoms with Gasteiger partial charge in [0.15, 0.2) is 0 Å². The van der Waals surface area contributed by atoms with Gasteiger partial charge in [0.2, 0.25) is 0 Å². The Balaban J connectivity index is 0.000000179. The van der Waals surface area contributed by atoms with E-state index < -0.39 is 52.9 Å². The summed E-state index contributed by atoms with van der Waals surface area (Å²) in [5.41, 5.74) is 7.84. The Bertz CT molecular complexity index is 4370. The SMILES string of the molecule is CN(C)C(=N)c1ccc(C(=O)Nc2ccccc2C(=O)Nc2ccc(Br)cn2)c(F)c1.CN1CCN=C1c1ccc(C(=O)Nc2ccccc2C(=O)Nc2ccc(Br)cn2)c(F)c1.CN=C(N)c1ccc(C(=O)Nc2ccccc2C(=O)Nc2ccc(Br)cn2)c(F)c1. The maximum absolute atomic E-state index is 14.7. The fourth-order valence-electron chi connectivity index (χ4n) is 8.61. The van der Waals surface area contributed by atoms with E-state index in [4.69, 9.17) is 11.1 Å². The van der Waals surface area contributed by atoms with Crippen LogP contribution in [0.25, 0.3) is 0 Å². The minimum Gasteiger partial charge on any atom is -0.384 e. The molecule has 6 amide bonds. The molecule has 472 valence electrons. The van der Waals surface area contributed by atoms with Gasteiger partial charge in [-0.1, -0.05) is 54.6 Å². The van der Waals surface area contributed by atoms with E-state index in [1.165, 1.54) is 48.3 Å². The summed E-state index contributed by atoms with van der Waals surface area (Å²) in [4.78, 5) is 100.0. The average Bonchev–Trinajstić information content (AvgIpc) is 2.14. The molecule has 27 heteroatoms. The number of amidine groups is 3. The van der Waals surface area contributed by atoms with Crippen molar-refractivity contribution in [2.24, 2.45) is 15.7 Å². The van der Waals surface area contributed by atoms with Gasteiger partial charge in [0.1, 0.15) is 52.4 Å². The van der Waals surface area contributed by atoms with E-state index in [1.807, 2.05) is 11.9 Å². The van der Waals surface area contributed by atoms with Gasteiger partial charge in [0.05, 0.1) is 57.0 Å². The number of rotatable bonds is 15. The molecule has 0 fully saturated rings. The third kappa shape index (κ3) is 18.2. The molecule has 0 bridgehead atoms. The van der Waals surface area contributed by atoms with Crippen LogP contribution in [-0.2, 0) is 0 Å². The molecule has 0 spiro atoms. The number of aliphatic imine (C=N–C) groups is 2. The molecule has 4 heterocycles. The number of para-hydroxylation sites is 3. The van der Waals surface area contributed by atoms with Crippen molar-refractivity contribution in [2.45, 2.75) is 0 Å². The van der Waals surface area contributed by atoms with Crippen LogP contribution in [0.15, 0.2) is 206 Å². The smallest absolute Gasteiger partial charge is 0.258 e. The lowest BCUT2D eigenvalue weighted by Gasteiger charge is -2.15. The first-order valence-electron chi connectivity index (χ1n) is 27.7. The average molecular weight is 1450 g/mol. The molecule has 0 aliphatic carbocycles. The zero-order valence-corrected chi connectivity index (χ0v) is 54.4. The first-order chi connectivity index (χ1) is 44.6. The van der Waals surface area contributed by atoms with Gasteiger partial charge < -0.3 is 47.4 Å². The lowest BCUT2D eigenvalue weighted by atomic mass is 10.1. The number of amides is 6. The second-order valence-electron chi connectivity index (χ2n) is 20.0. The number of anilines is 6. The van der Waals surface area contributed by atoms with Crippen molar-refractivity contribution >= 4 is 135 Å². The van der Waals surface area contributed by atoms with Gasteiger partial charge in [-0.3, -0.25) is 44.2 Å². The molecule has 1 aliphatic rings. The van der Waals surface area contributed by atoms with Gasteiger partial charge in [-0.25, -0.2) is 28.1 Å². The van der Waals surface area contributed by atoms with Crippen LogP contribution in [0.1, 0.15) is 78.8 Å². The zero-order chi connectivity index (χ0) is 66.9. The summed E-state index contributed by atoms with van der Waals surface area (Å²) in [5, 5.41) is 23.7. The van der Waals surface area contributed by atoms with E-state index in [0.717, 1.165) is 32.1 Å². The van der Waals surface area contributed by atoms with Gasteiger partial charge in [0.25, 0.3) is 35.4 Å². The Morgan fingerprint density at radius 1 is 0.495 bits per heavy atom. The number of nitrogens with one attached hydrogen (secondary N) is 7. The quantitative estimate of drug-likeness (QED) is 0.0351. The van der Waals surface area contributed by atoms with Gasteiger partial charge in [-0.2, -0.15) is 0 Å². The summed E-state index contributed by atoms with van der Waals surface area (Å²) >= 11 is 9.84. The van der Waals surface area contributed by atoms with Crippen LogP contribution in [0.3, 0.4) is 0 Å². The molecular weight excluding hydrogens is 1400 g/mol. The Kier molecular flexibility index (Phi) is 23.3. The highest BCUT2D eigenvalue weighted by molar-refractivity contribution is 9.11. The summed E-state index contributed by atoms with van der Waals surface area (Å²) < 4.78 is 46.0. The van der Waals surface area contributed by atoms with Crippen LogP contribution in [0, 0.1) is 22.9 Å². The molecule has 10 rings (SSSR count). The van der Waals surface area contributed by atoms with Crippen molar-refractivity contribution in [3.05, 3.63) is 263 Å². The highest BCUT2D eigenvalue weighted by Crippen LogP contribution is 2.25. The van der Waals surface area contributed by atoms with Crippen molar-refractivity contribution < 1.29 is 41.9 Å². The fourth-order valence-corrected chi connectivity index (χ4v) is 9.32. The Morgan fingerprint density at radius 3 is 1.18 bits per heavy atom. The van der Waals surface area contributed by atoms with Crippen LogP contribution in [0.4, 0.5) is 47.7 Å². The first kappa shape index (κ1) is 68.1. The van der Waals surface area contributed by atoms with Gasteiger partial charge >= 0.3 is 0 Å². The van der Waals surface area contributed by atoms with Crippen molar-refractivity contribution in [3.63, 3.8) is 0 Å². The zero-order valence-electron chi connectivity index (χ0n) is 49.7. The summed E-state index contributed by atoms with van der Waals surface area (Å²) in [7, 11) is 6.72. The number of likely N-dealkylation sites (N-methyl/N-ethyl adjacent to an activating group) is 1. The highest BCUT2D eigenvalue weighted by Gasteiger charge is 2.23. The predicted molar refractivity (Wildman–Crippen MR) is 363 cm³/mol. The van der Waals surface area contributed by atoms with Crippen LogP contribution in [0.5, 0.6) is 0 Å². The number of nitrogens with two attached hydrogens (primary N) is 1. The number of pyridine rings is 3. The third-order valence-corrected chi connectivity index (χ3v) is 14.8. The van der Waals surface area contributed by atoms with Gasteiger partial charge in [0, 0.05) is 83.4 Å². The Labute approximate surface area is 556 Å². The molecule has 0 atom stereocenters. The lowest BCUT2D eigenvalue weighted by Crippen LogP contribution is -2.24. The fraction of sp³-hybridized carbons (Fsp3) is 0.0909. The lowest BCUT2D eigenvalue weighted by molar-refractivity contribution is 0.100. The molecule has 9 aromatic rings. The standard InChI is InChI=1S/C23H19BrFN5O2.C22H19BrFN5O2.C21H17BrFN5O2/c1-30-11-10-26-21(30)14-6-8-16(18(25)12-14)22(31)28-19-5-3-2-4-17(19)23(32)29-20-9-7-15(24)13-27-20;1-29(2)20(25)13-7-9-15(17(24)11-13)21(30)27-18-6-4-3-5-16(18)22(31)28-19-10-8-14(23)12-26-19;1-25-19(24)12-6-8-14(16(23)10-12)20(29)27-17-5-3-2-4-15(17)21(30)28-18-9-7-13(22)11-26-18/h2-9,12-13H,10-11H2,1H3,(H,28,31)(H,27,29,32);3-12,25H,1-2H3,(H,27,30)(H,26,28,31);2-11H,1H3,(H2,24,25)(H,27,29)(H,26,28,30). The molecule has 0 unspecified atom stereocenters. The predicted octanol–water partition coefficient (Wildman–Crippen LogP) is 12.4. The summed E-state index contributed by atoms with van der Waals surface area (Å²) in [6.07, 6.45) is 4.65. The van der Waals surface area contributed by atoms with Crippen LogP contribution in [-0.4, -0.2) is 119 Å². The largest absolute Gasteiger partial charge is 0.384 e. The van der Waals surface area contributed by atoms with E-state index >= 15 is 0 Å². The number of nitrogens with zero attached hydrogens (tertiary/aromatic N) is 7. The summed E-state index contributed by atoms with van der Waals surface area (Å²) in [6.45, 7) is 1.43. The van der Waals surface area contributed by atoms with E-state index in [1.54, 1.807) is 148 Å². The van der Waals surface area contributed by atoms with Crippen LogP contribution in [0.2, 0.25) is 0 Å². The van der Waals surface area contributed by atoms with Gasteiger partial charge in [-0.05, 0) is 157 Å². The number of halogens is 6. The maximum Gasteiger partial charge on any atom is 0.258 e. The molecule has 6 aromatic carbocycles. The van der Waals surface area contributed by atoms with Crippen molar-refractivity contribution in [1.29, 1.82) is 5.41 Å². The summed E-state index contributed by atoms with van der Waals surface area (Å²) in [5.74, 6) is -3.60. The molecule has 9 N–H and O–H groups in total. The number of carbonyl (C=O) groups is 6. The molecule has 21 nitrogen and oxygen atoms in total. The van der Waals surface area contributed by atoms with Gasteiger partial charge in [-0.15, -0.1) is 0 Å². The molecule has 1 aliphatic heterocycles. The van der Waals surface area contributed by atoms with Crippen molar-refractivity contribution in [2.75, 3.05) is 73.2 Å². The van der Waals surface area contributed by atoms with E-state index in [2.05, 4.69) is 105 Å². The van der Waals surface area contributed by atoms with E-state index in [0.29, 0.717) is 46.5 Å². The second kappa shape index (κ2) is 31.8. The topological polar surface area (TPSA) is 294 Å². The Morgan fingerprint density at radius 2 is 0.849 bits per heavy atom. The number of benzene rings is 6. The molecule has 3 aromatic heterocycles. The normalized spacial score (nSPS) is 11.5. The third-order valence-electron chi connectivity index (χ3n) is 13.4. The number of carbonyl (C=O) groups excluding carboxylic acids is 6. The summed E-state index contributed by atoms with van der Waals surface area (Å²) in [6, 6.07) is 41.7. The second-order valence-corrected chi connectivity index (χ2v) is 22.8. The van der Waals surface area contributed by atoms with E-state index in [-0.39, 0.29) is 62.1 Å². The van der Waals surface area contributed by atoms with Crippen LogP contribution < -0.4 is 37.6 Å². The maximum atomic E-state index is 14.7. The first-order valence-corrected chi connectivity index (χ1v) is 30.1. The number of hydrogen-bond donors (Lipinski definition) is 8. The van der Waals surface area contributed by atoms with Crippen LogP contribution >= 0.6 is 47.8 Å². The molecular formula is C66H55Br3F3N15O6.